The summed E-state index contributed by atoms with van der Waals surface area (Å²) < 4.78 is 17.8. The van der Waals surface area contributed by atoms with Crippen LogP contribution in [0.4, 0.5) is 0 Å². The third-order valence-corrected chi connectivity index (χ3v) is 13.6. The molecule has 2 aliphatic heterocycles. The number of likely N-dealkylation sites (tertiary alicyclic amines) is 1. The Morgan fingerprint density at radius 1 is 0.826 bits per heavy atom. The smallest absolute Gasteiger partial charge is 0.329 e. The van der Waals surface area contributed by atoms with E-state index in [9.17, 15) is 38.4 Å². The standard InChI is InChI=1S/C52H80N6O11/c1-33(2)44(54-50(66)52(7,8)55-40(59)26-16-13-19-29-58-41(60)27-28-42(58)61)48(64)56(9)45(36-23-17-18-24-36)39(67-10)32-43(62)57-30-20-25-38(57)46(68-11)34(3)47(63)53-37(49(65)69-51(4,5)6)31-35-21-14-12-15-22-35/h12,14-15,21-22,27-28,33-34,36-39,44-46H,13,16-20,23-26,29-32H2,1-11H3,(H,53,63)(H,54,66)(H,55,59)/t34-,37?,38?,39-,44?,45+,46-/m1/s1. The minimum atomic E-state index is -1.36. The van der Waals surface area contributed by atoms with Gasteiger partial charge in [-0.1, -0.05) is 70.4 Å². The molecule has 2 heterocycles. The van der Waals surface area contributed by atoms with Crippen LogP contribution >= 0.6 is 0 Å². The van der Waals surface area contributed by atoms with Crippen LogP contribution < -0.4 is 16.0 Å². The Kier molecular flexibility index (Phi) is 21.0. The minimum absolute atomic E-state index is 0.0301. The lowest BCUT2D eigenvalue weighted by atomic mass is 9.88. The lowest BCUT2D eigenvalue weighted by Crippen LogP contribution is -2.62. The predicted octanol–water partition coefficient (Wildman–Crippen LogP) is 4.64. The number of imide groups is 1. The van der Waals surface area contributed by atoms with Gasteiger partial charge in [0.15, 0.2) is 0 Å². The second-order valence-corrected chi connectivity index (χ2v) is 20.9. The summed E-state index contributed by atoms with van der Waals surface area (Å²) in [7, 11) is 4.76. The van der Waals surface area contributed by atoms with Crippen LogP contribution in [0.25, 0.3) is 0 Å². The molecule has 4 rings (SSSR count). The molecule has 7 amide bonds. The largest absolute Gasteiger partial charge is 0.458 e. The molecule has 0 bridgehead atoms. The third kappa shape index (κ3) is 15.9. The maximum absolute atomic E-state index is 14.6. The molecule has 2 fully saturated rings. The monoisotopic (exact) mass is 965 g/mol. The summed E-state index contributed by atoms with van der Waals surface area (Å²) in [5, 5.41) is 8.65. The first-order valence-electron chi connectivity index (χ1n) is 24.8. The minimum Gasteiger partial charge on any atom is -0.458 e. The fourth-order valence-corrected chi connectivity index (χ4v) is 9.86. The van der Waals surface area contributed by atoms with Crippen LogP contribution in [0, 0.1) is 17.8 Å². The molecule has 69 heavy (non-hydrogen) atoms. The zero-order valence-electron chi connectivity index (χ0n) is 43.0. The molecule has 17 heteroatoms. The Bertz CT molecular complexity index is 1960. The summed E-state index contributed by atoms with van der Waals surface area (Å²) in [5.41, 5.74) is -1.27. The molecule has 3 aliphatic rings. The molecule has 0 radical (unpaired) electrons. The lowest BCUT2D eigenvalue weighted by molar-refractivity contribution is -0.159. The summed E-state index contributed by atoms with van der Waals surface area (Å²) in [6.07, 6.45) is 7.93. The molecule has 3 unspecified atom stereocenters. The van der Waals surface area contributed by atoms with Crippen molar-refractivity contribution in [2.75, 3.05) is 34.4 Å². The number of carbonyl (C=O) groups excluding carboxylic acids is 8. The van der Waals surface area contributed by atoms with Crippen LogP contribution in [-0.2, 0) is 59.0 Å². The van der Waals surface area contributed by atoms with Crippen LogP contribution in [0.2, 0.25) is 0 Å². The second kappa shape index (κ2) is 25.6. The summed E-state index contributed by atoms with van der Waals surface area (Å²) in [6, 6.07) is 6.53. The number of hydrogen-bond donors (Lipinski definition) is 3. The van der Waals surface area contributed by atoms with E-state index in [0.717, 1.165) is 36.1 Å². The van der Waals surface area contributed by atoms with Gasteiger partial charge in [-0.25, -0.2) is 4.79 Å². The SMILES string of the molecule is CO[C@H](CC(=O)N1CCCC1[C@H](OC)[C@@H](C)C(=O)NC(Cc1ccccc1)C(=O)OC(C)(C)C)[C@H](C1CCCC1)N(C)C(=O)C(NC(=O)C(C)(C)NC(=O)CCCCCN1C(=O)C=CC1=O)C(C)C. The van der Waals surface area contributed by atoms with Gasteiger partial charge >= 0.3 is 5.97 Å². The Morgan fingerprint density at radius 2 is 1.46 bits per heavy atom. The van der Waals surface area contributed by atoms with E-state index in [1.54, 1.807) is 65.5 Å². The fraction of sp³-hybridized carbons (Fsp3) is 0.692. The van der Waals surface area contributed by atoms with E-state index in [1.165, 1.54) is 19.3 Å². The van der Waals surface area contributed by atoms with Gasteiger partial charge in [0.2, 0.25) is 29.5 Å². The molecule has 0 spiro atoms. The van der Waals surface area contributed by atoms with Crippen LogP contribution in [0.1, 0.15) is 132 Å². The zero-order chi connectivity index (χ0) is 51.2. The number of hydrogen-bond acceptors (Lipinski definition) is 11. The van der Waals surface area contributed by atoms with E-state index in [1.807, 2.05) is 44.2 Å². The first-order chi connectivity index (χ1) is 32.5. The number of carbonyl (C=O) groups is 8. The highest BCUT2D eigenvalue weighted by molar-refractivity contribution is 6.12. The van der Waals surface area contributed by atoms with Gasteiger partial charge in [0.05, 0.1) is 36.6 Å². The van der Waals surface area contributed by atoms with Crippen LogP contribution in [-0.4, -0.2) is 144 Å². The van der Waals surface area contributed by atoms with Crippen LogP contribution in [0.5, 0.6) is 0 Å². The van der Waals surface area contributed by atoms with E-state index in [-0.39, 0.29) is 67.2 Å². The molecule has 1 saturated heterocycles. The van der Waals surface area contributed by atoms with Crippen molar-refractivity contribution in [3.8, 4) is 0 Å². The van der Waals surface area contributed by atoms with Crippen LogP contribution in [0.15, 0.2) is 42.5 Å². The zero-order valence-corrected chi connectivity index (χ0v) is 43.0. The van der Waals surface area contributed by atoms with Crippen molar-refractivity contribution >= 4 is 47.3 Å². The highest BCUT2D eigenvalue weighted by atomic mass is 16.6. The number of benzene rings is 1. The molecular formula is C52H80N6O11. The number of esters is 1. The molecule has 1 aliphatic carbocycles. The topological polar surface area (TPSA) is 210 Å². The highest BCUT2D eigenvalue weighted by Crippen LogP contribution is 2.35. The number of methoxy groups -OCH3 is 2. The second-order valence-electron chi connectivity index (χ2n) is 20.9. The van der Waals surface area contributed by atoms with Crippen molar-refractivity contribution in [1.29, 1.82) is 0 Å². The Labute approximate surface area is 409 Å². The Morgan fingerprint density at radius 3 is 2.04 bits per heavy atom. The molecule has 384 valence electrons. The van der Waals surface area contributed by atoms with Gasteiger partial charge in [-0.2, -0.15) is 0 Å². The van der Waals surface area contributed by atoms with Crippen molar-refractivity contribution in [1.82, 2.24) is 30.7 Å². The first-order valence-corrected chi connectivity index (χ1v) is 24.8. The normalized spacial score (nSPS) is 19.2. The number of nitrogens with zero attached hydrogens (tertiary/aromatic N) is 3. The van der Waals surface area contributed by atoms with E-state index in [2.05, 4.69) is 16.0 Å². The molecule has 0 aromatic heterocycles. The maximum Gasteiger partial charge on any atom is 0.329 e. The average molecular weight is 965 g/mol. The van der Waals surface area contributed by atoms with Crippen molar-refractivity contribution in [3.63, 3.8) is 0 Å². The number of unbranched alkanes of at least 4 members (excludes halogenated alkanes) is 2. The molecule has 1 aromatic carbocycles. The van der Waals surface area contributed by atoms with Gasteiger partial charge in [-0.15, -0.1) is 0 Å². The lowest BCUT2D eigenvalue weighted by Gasteiger charge is -2.41. The van der Waals surface area contributed by atoms with Crippen molar-refractivity contribution < 1.29 is 52.6 Å². The van der Waals surface area contributed by atoms with E-state index in [0.29, 0.717) is 38.6 Å². The van der Waals surface area contributed by atoms with Crippen LogP contribution in [0.3, 0.4) is 0 Å². The maximum atomic E-state index is 14.6. The van der Waals surface area contributed by atoms with Gasteiger partial charge in [0, 0.05) is 59.4 Å². The Balaban J connectivity index is 1.42. The molecule has 1 saturated carbocycles. The van der Waals surface area contributed by atoms with E-state index in [4.69, 9.17) is 14.2 Å². The van der Waals surface area contributed by atoms with Crippen molar-refractivity contribution in [2.24, 2.45) is 17.8 Å². The third-order valence-electron chi connectivity index (χ3n) is 13.6. The molecule has 17 nitrogen and oxygen atoms in total. The van der Waals surface area contributed by atoms with Gasteiger partial charge in [-0.05, 0) is 90.5 Å². The predicted molar refractivity (Wildman–Crippen MR) is 260 cm³/mol. The average Bonchev–Trinajstić information content (AvgIpc) is 4.07. The number of likely N-dealkylation sites (N-methyl/N-ethyl adjacent to an activating group) is 1. The molecular weight excluding hydrogens is 885 g/mol. The quantitative estimate of drug-likeness (QED) is 0.0699. The Hall–Kier alpha value is -5.16. The summed E-state index contributed by atoms with van der Waals surface area (Å²) in [6.45, 7) is 14.6. The highest BCUT2D eigenvalue weighted by Gasteiger charge is 2.45. The van der Waals surface area contributed by atoms with Gasteiger partial charge in [0.25, 0.3) is 11.8 Å². The van der Waals surface area contributed by atoms with E-state index < -0.39 is 71.2 Å². The van der Waals surface area contributed by atoms with Gasteiger partial charge in [0.1, 0.15) is 23.2 Å². The van der Waals surface area contributed by atoms with Crippen molar-refractivity contribution in [2.45, 2.75) is 180 Å². The molecule has 3 N–H and O–H groups in total. The fourth-order valence-electron chi connectivity index (χ4n) is 9.86. The number of nitrogens with one attached hydrogen (secondary N) is 3. The summed E-state index contributed by atoms with van der Waals surface area (Å²) in [5.74, 6) is -4.10. The number of rotatable bonds is 25. The van der Waals surface area contributed by atoms with Gasteiger partial charge in [-0.3, -0.25) is 38.5 Å². The first kappa shape index (κ1) is 56.4. The molecule has 1 aromatic rings. The number of ether oxygens (including phenoxy) is 3. The summed E-state index contributed by atoms with van der Waals surface area (Å²) in [4.78, 5) is 112. The van der Waals surface area contributed by atoms with Crippen molar-refractivity contribution in [3.05, 3.63) is 48.0 Å². The molecule has 7 atom stereocenters. The van der Waals surface area contributed by atoms with E-state index >= 15 is 0 Å². The number of amides is 7. The summed E-state index contributed by atoms with van der Waals surface area (Å²) >= 11 is 0. The van der Waals surface area contributed by atoms with Gasteiger partial charge < -0.3 is 40.0 Å².